The van der Waals surface area contributed by atoms with Gasteiger partial charge in [0, 0.05) is 38.6 Å². The Hall–Kier alpha value is -2.43. The molecule has 27 heavy (non-hydrogen) atoms. The third-order valence-electron chi connectivity index (χ3n) is 5.55. The van der Waals surface area contributed by atoms with Crippen LogP contribution in [-0.2, 0) is 25.1 Å². The van der Waals surface area contributed by atoms with Crippen molar-refractivity contribution in [1.82, 2.24) is 14.5 Å². The van der Waals surface area contributed by atoms with Crippen molar-refractivity contribution >= 4 is 0 Å². The maximum Gasteiger partial charge on any atom is 0.140 e. The summed E-state index contributed by atoms with van der Waals surface area (Å²) in [6.45, 7) is 3.56. The largest absolute Gasteiger partial charge is 0.382 e. The molecule has 0 bridgehead atoms. The number of hydrogen-bond donors (Lipinski definition) is 1. The second-order valence-electron chi connectivity index (χ2n) is 7.47. The Bertz CT molecular complexity index is 836. The predicted octanol–water partition coefficient (Wildman–Crippen LogP) is 3.61. The van der Waals surface area contributed by atoms with Gasteiger partial charge in [0.05, 0.1) is 0 Å². The zero-order valence-electron chi connectivity index (χ0n) is 15.7. The SMILES string of the molecule is OC1(c2nccn2CCc2ccccc2)CCN(Cc2ccccc2)CC1. The van der Waals surface area contributed by atoms with Crippen molar-refractivity contribution < 1.29 is 5.11 Å². The molecule has 1 aliphatic heterocycles. The lowest BCUT2D eigenvalue weighted by atomic mass is 9.90. The molecule has 3 aromatic rings. The average Bonchev–Trinajstić information content (AvgIpc) is 3.20. The molecule has 140 valence electrons. The first-order valence-electron chi connectivity index (χ1n) is 9.77. The van der Waals surface area contributed by atoms with Gasteiger partial charge in [0.1, 0.15) is 11.4 Å². The predicted molar refractivity (Wildman–Crippen MR) is 107 cm³/mol. The summed E-state index contributed by atoms with van der Waals surface area (Å²) in [6.07, 6.45) is 6.20. The van der Waals surface area contributed by atoms with Crippen LogP contribution in [0.15, 0.2) is 73.1 Å². The summed E-state index contributed by atoms with van der Waals surface area (Å²) in [6, 6.07) is 21.0. The first-order chi connectivity index (χ1) is 13.2. The molecule has 2 aromatic carbocycles. The third kappa shape index (κ3) is 4.29. The van der Waals surface area contributed by atoms with E-state index in [1.807, 2.05) is 24.5 Å². The van der Waals surface area contributed by atoms with E-state index < -0.39 is 5.60 Å². The Labute approximate surface area is 161 Å². The highest BCUT2D eigenvalue weighted by Gasteiger charge is 2.37. The molecule has 4 nitrogen and oxygen atoms in total. The van der Waals surface area contributed by atoms with Gasteiger partial charge >= 0.3 is 0 Å². The molecule has 1 aliphatic rings. The summed E-state index contributed by atoms with van der Waals surface area (Å²) >= 11 is 0. The summed E-state index contributed by atoms with van der Waals surface area (Å²) in [5.41, 5.74) is 1.81. The molecule has 1 fully saturated rings. The highest BCUT2D eigenvalue weighted by molar-refractivity contribution is 5.16. The van der Waals surface area contributed by atoms with E-state index in [4.69, 9.17) is 0 Å². The Morgan fingerprint density at radius 1 is 0.889 bits per heavy atom. The number of aliphatic hydroxyl groups is 1. The molecule has 0 aliphatic carbocycles. The molecule has 0 atom stereocenters. The number of imidazole rings is 1. The Kier molecular flexibility index (Phi) is 5.37. The van der Waals surface area contributed by atoms with Gasteiger partial charge in [-0.15, -0.1) is 0 Å². The Balaban J connectivity index is 1.38. The van der Waals surface area contributed by atoms with Gasteiger partial charge < -0.3 is 9.67 Å². The summed E-state index contributed by atoms with van der Waals surface area (Å²) in [5.74, 6) is 0.817. The minimum Gasteiger partial charge on any atom is -0.382 e. The van der Waals surface area contributed by atoms with E-state index in [1.54, 1.807) is 0 Å². The van der Waals surface area contributed by atoms with Crippen molar-refractivity contribution in [2.24, 2.45) is 0 Å². The van der Waals surface area contributed by atoms with Crippen molar-refractivity contribution in [2.45, 2.75) is 38.0 Å². The quantitative estimate of drug-likeness (QED) is 0.729. The van der Waals surface area contributed by atoms with Gasteiger partial charge in [-0.1, -0.05) is 60.7 Å². The standard InChI is InChI=1S/C23H27N3O/c27-23(12-16-25(17-13-23)19-21-9-5-2-6-10-21)22-24-14-18-26(22)15-11-20-7-3-1-4-8-20/h1-10,14,18,27H,11-13,15-17,19H2. The molecule has 1 N–H and O–H groups in total. The van der Waals surface area contributed by atoms with Crippen LogP contribution in [-0.4, -0.2) is 32.6 Å². The maximum atomic E-state index is 11.3. The van der Waals surface area contributed by atoms with Crippen molar-refractivity contribution in [1.29, 1.82) is 0 Å². The van der Waals surface area contributed by atoms with Gasteiger partial charge in [0.25, 0.3) is 0 Å². The molecule has 1 aromatic heterocycles. The molecule has 1 saturated heterocycles. The van der Waals surface area contributed by atoms with Gasteiger partial charge in [-0.25, -0.2) is 4.98 Å². The molecular weight excluding hydrogens is 334 g/mol. The van der Waals surface area contributed by atoms with Crippen LogP contribution in [0.4, 0.5) is 0 Å². The fraction of sp³-hybridized carbons (Fsp3) is 0.348. The molecule has 0 radical (unpaired) electrons. The van der Waals surface area contributed by atoms with E-state index in [-0.39, 0.29) is 0 Å². The van der Waals surface area contributed by atoms with Crippen molar-refractivity contribution in [3.05, 3.63) is 90.0 Å². The zero-order valence-corrected chi connectivity index (χ0v) is 15.7. The summed E-state index contributed by atoms with van der Waals surface area (Å²) < 4.78 is 2.12. The molecular formula is C23H27N3O. The molecule has 0 unspecified atom stereocenters. The lowest BCUT2D eigenvalue weighted by Gasteiger charge is -2.38. The smallest absolute Gasteiger partial charge is 0.140 e. The third-order valence-corrected chi connectivity index (χ3v) is 5.55. The van der Waals surface area contributed by atoms with Gasteiger partial charge in [-0.05, 0) is 30.4 Å². The maximum absolute atomic E-state index is 11.3. The van der Waals surface area contributed by atoms with Crippen LogP contribution in [0.2, 0.25) is 0 Å². The van der Waals surface area contributed by atoms with Crippen LogP contribution < -0.4 is 0 Å². The average molecular weight is 361 g/mol. The van der Waals surface area contributed by atoms with E-state index in [9.17, 15) is 5.11 Å². The monoisotopic (exact) mass is 361 g/mol. The first-order valence-corrected chi connectivity index (χ1v) is 9.77. The van der Waals surface area contributed by atoms with E-state index >= 15 is 0 Å². The van der Waals surface area contributed by atoms with Crippen LogP contribution in [0.5, 0.6) is 0 Å². The fourth-order valence-corrected chi connectivity index (χ4v) is 3.94. The van der Waals surface area contributed by atoms with E-state index in [0.29, 0.717) is 0 Å². The first kappa shape index (κ1) is 18.0. The van der Waals surface area contributed by atoms with Crippen LogP contribution in [0.1, 0.15) is 29.8 Å². The highest BCUT2D eigenvalue weighted by Crippen LogP contribution is 2.32. The molecule has 4 rings (SSSR count). The second-order valence-corrected chi connectivity index (χ2v) is 7.47. The van der Waals surface area contributed by atoms with Gasteiger partial charge in [0.15, 0.2) is 0 Å². The zero-order chi connectivity index (χ0) is 18.5. The van der Waals surface area contributed by atoms with E-state index in [2.05, 4.69) is 63.0 Å². The minimum absolute atomic E-state index is 0.724. The fourth-order valence-electron chi connectivity index (χ4n) is 3.94. The van der Waals surface area contributed by atoms with E-state index in [1.165, 1.54) is 11.1 Å². The Morgan fingerprint density at radius 2 is 1.52 bits per heavy atom. The van der Waals surface area contributed by atoms with E-state index in [0.717, 1.165) is 51.3 Å². The lowest BCUT2D eigenvalue weighted by molar-refractivity contribution is -0.0372. The number of aryl methyl sites for hydroxylation is 2. The number of nitrogens with zero attached hydrogens (tertiary/aromatic N) is 3. The minimum atomic E-state index is -0.826. The van der Waals surface area contributed by atoms with Gasteiger partial charge in [-0.2, -0.15) is 0 Å². The van der Waals surface area contributed by atoms with Crippen LogP contribution in [0.25, 0.3) is 0 Å². The van der Waals surface area contributed by atoms with Crippen molar-refractivity contribution in [3.8, 4) is 0 Å². The van der Waals surface area contributed by atoms with Crippen molar-refractivity contribution in [3.63, 3.8) is 0 Å². The molecule has 0 spiro atoms. The lowest BCUT2D eigenvalue weighted by Crippen LogP contribution is -2.43. The van der Waals surface area contributed by atoms with Crippen LogP contribution >= 0.6 is 0 Å². The number of benzene rings is 2. The highest BCUT2D eigenvalue weighted by atomic mass is 16.3. The number of rotatable bonds is 6. The molecule has 4 heteroatoms. The van der Waals surface area contributed by atoms with Gasteiger partial charge in [-0.3, -0.25) is 4.90 Å². The molecule has 0 saturated carbocycles. The number of piperidine rings is 1. The van der Waals surface area contributed by atoms with Crippen molar-refractivity contribution in [2.75, 3.05) is 13.1 Å². The summed E-state index contributed by atoms with van der Waals surface area (Å²) in [7, 11) is 0. The summed E-state index contributed by atoms with van der Waals surface area (Å²) in [5, 5.41) is 11.3. The van der Waals surface area contributed by atoms with Crippen LogP contribution in [0, 0.1) is 0 Å². The van der Waals surface area contributed by atoms with Gasteiger partial charge in [0.2, 0.25) is 0 Å². The molecule has 0 amide bonds. The normalized spacial score (nSPS) is 17.1. The van der Waals surface area contributed by atoms with Crippen LogP contribution in [0.3, 0.4) is 0 Å². The Morgan fingerprint density at radius 3 is 2.19 bits per heavy atom. The topological polar surface area (TPSA) is 41.3 Å². The number of likely N-dealkylation sites (tertiary alicyclic amines) is 1. The number of hydrogen-bond acceptors (Lipinski definition) is 3. The molecule has 2 heterocycles. The summed E-state index contributed by atoms with van der Waals surface area (Å²) in [4.78, 5) is 6.95. The number of aromatic nitrogens is 2. The second kappa shape index (κ2) is 8.07.